The molecule has 2 atom stereocenters. The predicted octanol–water partition coefficient (Wildman–Crippen LogP) is 0.973. The topological polar surface area (TPSA) is 75.9 Å². The lowest BCUT2D eigenvalue weighted by atomic mass is 9.81. The molecule has 1 aromatic heterocycles. The summed E-state index contributed by atoms with van der Waals surface area (Å²) in [5.74, 6) is 7.35. The summed E-state index contributed by atoms with van der Waals surface area (Å²) in [5, 5.41) is 3.33. The van der Waals surface area contributed by atoms with Crippen LogP contribution in [-0.4, -0.2) is 16.0 Å². The second-order valence-corrected chi connectivity index (χ2v) is 3.74. The Morgan fingerprint density at radius 3 is 2.71 bits per heavy atom. The highest BCUT2D eigenvalue weighted by molar-refractivity contribution is 5.41. The van der Waals surface area contributed by atoms with Gasteiger partial charge in [-0.25, -0.2) is 10.8 Å². The summed E-state index contributed by atoms with van der Waals surface area (Å²) < 4.78 is 0. The van der Waals surface area contributed by atoms with Gasteiger partial charge in [0.1, 0.15) is 5.82 Å². The maximum atomic E-state index is 5.24. The van der Waals surface area contributed by atoms with Crippen molar-refractivity contribution in [1.82, 2.24) is 9.97 Å². The van der Waals surface area contributed by atoms with Crippen molar-refractivity contribution in [2.24, 2.45) is 11.8 Å². The minimum absolute atomic E-state index is 0.539. The third kappa shape index (κ3) is 1.77. The van der Waals surface area contributed by atoms with Crippen LogP contribution in [0.15, 0.2) is 12.4 Å². The van der Waals surface area contributed by atoms with Crippen molar-refractivity contribution in [1.29, 1.82) is 0 Å². The summed E-state index contributed by atoms with van der Waals surface area (Å²) in [4.78, 5) is 8.26. The van der Waals surface area contributed by atoms with E-state index in [4.69, 9.17) is 5.84 Å². The van der Waals surface area contributed by atoms with Gasteiger partial charge in [0.05, 0.1) is 12.4 Å². The first-order valence-corrected chi connectivity index (χ1v) is 4.85. The second kappa shape index (κ2) is 3.79. The molecule has 1 aliphatic carbocycles. The van der Waals surface area contributed by atoms with Gasteiger partial charge < -0.3 is 10.7 Å². The molecule has 14 heavy (non-hydrogen) atoms. The molecule has 5 nitrogen and oxygen atoms in total. The first-order valence-electron chi connectivity index (χ1n) is 4.85. The number of hydrazine groups is 1. The largest absolute Gasteiger partial charge is 0.366 e. The maximum Gasteiger partial charge on any atom is 0.160 e. The molecular formula is C9H15N5. The van der Waals surface area contributed by atoms with Gasteiger partial charge in [-0.05, 0) is 18.8 Å². The predicted molar refractivity (Wildman–Crippen MR) is 55.7 cm³/mol. The minimum Gasteiger partial charge on any atom is -0.366 e. The molecule has 0 radical (unpaired) electrons. The third-order valence-electron chi connectivity index (χ3n) is 2.74. The van der Waals surface area contributed by atoms with Gasteiger partial charge in [0.2, 0.25) is 0 Å². The highest BCUT2D eigenvalue weighted by Gasteiger charge is 2.26. The molecule has 1 aromatic rings. The molecule has 2 unspecified atom stereocenters. The van der Waals surface area contributed by atoms with Crippen LogP contribution in [0.1, 0.15) is 19.8 Å². The quantitative estimate of drug-likeness (QED) is 0.492. The molecule has 0 aromatic carbocycles. The summed E-state index contributed by atoms with van der Waals surface area (Å²) in [6, 6.07) is 0.539. The fraction of sp³-hybridized carbons (Fsp3) is 0.556. The number of anilines is 2. The molecule has 0 aliphatic heterocycles. The van der Waals surface area contributed by atoms with Crippen molar-refractivity contribution in [3.63, 3.8) is 0 Å². The molecule has 1 saturated carbocycles. The maximum absolute atomic E-state index is 5.24. The zero-order valence-corrected chi connectivity index (χ0v) is 8.20. The number of nitrogens with one attached hydrogen (secondary N) is 2. The average Bonchev–Trinajstić information content (AvgIpc) is 2.24. The summed E-state index contributed by atoms with van der Waals surface area (Å²) >= 11 is 0. The van der Waals surface area contributed by atoms with E-state index in [-0.39, 0.29) is 0 Å². The lowest BCUT2D eigenvalue weighted by molar-refractivity contribution is 0.303. The van der Waals surface area contributed by atoms with Crippen LogP contribution in [0, 0.1) is 5.92 Å². The van der Waals surface area contributed by atoms with E-state index in [0.29, 0.717) is 11.9 Å². The third-order valence-corrected chi connectivity index (χ3v) is 2.74. The van der Waals surface area contributed by atoms with Crippen molar-refractivity contribution >= 4 is 11.6 Å². The Bertz CT molecular complexity index is 314. The number of nitrogen functional groups attached to an aromatic ring is 1. The number of hydrogen-bond acceptors (Lipinski definition) is 5. The van der Waals surface area contributed by atoms with Gasteiger partial charge in [-0.3, -0.25) is 4.98 Å². The number of hydrogen-bond donors (Lipinski definition) is 3. The van der Waals surface area contributed by atoms with Crippen molar-refractivity contribution in [3.05, 3.63) is 12.4 Å². The summed E-state index contributed by atoms with van der Waals surface area (Å²) in [7, 11) is 0. The molecule has 0 amide bonds. The van der Waals surface area contributed by atoms with E-state index in [1.807, 2.05) is 0 Å². The Balaban J connectivity index is 2.01. The van der Waals surface area contributed by atoms with Crippen LogP contribution in [0.25, 0.3) is 0 Å². The zero-order chi connectivity index (χ0) is 9.97. The normalized spacial score (nSPS) is 25.3. The van der Waals surface area contributed by atoms with Crippen molar-refractivity contribution in [2.75, 3.05) is 10.7 Å². The van der Waals surface area contributed by atoms with Gasteiger partial charge >= 0.3 is 0 Å². The lowest BCUT2D eigenvalue weighted by Crippen LogP contribution is -2.36. The molecule has 76 valence electrons. The Morgan fingerprint density at radius 2 is 2.14 bits per heavy atom. The van der Waals surface area contributed by atoms with Gasteiger partial charge in [-0.2, -0.15) is 0 Å². The average molecular weight is 193 g/mol. The Hall–Kier alpha value is -1.36. The monoisotopic (exact) mass is 193 g/mol. The van der Waals surface area contributed by atoms with E-state index >= 15 is 0 Å². The van der Waals surface area contributed by atoms with E-state index in [1.165, 1.54) is 12.8 Å². The Labute approximate surface area is 83.1 Å². The molecule has 0 bridgehead atoms. The first kappa shape index (κ1) is 9.21. The molecule has 1 fully saturated rings. The molecule has 2 rings (SSSR count). The van der Waals surface area contributed by atoms with Crippen LogP contribution in [-0.2, 0) is 0 Å². The van der Waals surface area contributed by atoms with Crippen LogP contribution in [0.4, 0.5) is 11.6 Å². The minimum atomic E-state index is 0.539. The van der Waals surface area contributed by atoms with E-state index in [9.17, 15) is 0 Å². The SMILES string of the molecule is CC1CCC1Nc1cncc(NN)n1. The van der Waals surface area contributed by atoms with E-state index in [0.717, 1.165) is 11.7 Å². The smallest absolute Gasteiger partial charge is 0.160 e. The fourth-order valence-corrected chi connectivity index (χ4v) is 1.58. The molecule has 0 saturated heterocycles. The zero-order valence-electron chi connectivity index (χ0n) is 8.20. The molecule has 1 heterocycles. The van der Waals surface area contributed by atoms with E-state index < -0.39 is 0 Å². The Morgan fingerprint density at radius 1 is 1.36 bits per heavy atom. The van der Waals surface area contributed by atoms with E-state index in [2.05, 4.69) is 27.6 Å². The van der Waals surface area contributed by atoms with Crippen molar-refractivity contribution in [2.45, 2.75) is 25.8 Å². The van der Waals surface area contributed by atoms with Crippen LogP contribution < -0.4 is 16.6 Å². The van der Waals surface area contributed by atoms with Crippen LogP contribution in [0.5, 0.6) is 0 Å². The van der Waals surface area contributed by atoms with Crippen LogP contribution in [0.3, 0.4) is 0 Å². The standard InChI is InChI=1S/C9H15N5/c1-6-2-3-7(6)12-8-4-11-5-9(13-8)14-10/h4-7H,2-3,10H2,1H3,(H2,12,13,14). The van der Waals surface area contributed by atoms with Gasteiger partial charge in [0, 0.05) is 6.04 Å². The Kier molecular flexibility index (Phi) is 2.49. The second-order valence-electron chi connectivity index (χ2n) is 3.74. The van der Waals surface area contributed by atoms with Gasteiger partial charge in [0.15, 0.2) is 5.82 Å². The molecule has 5 heteroatoms. The van der Waals surface area contributed by atoms with Gasteiger partial charge in [0.25, 0.3) is 0 Å². The fourth-order valence-electron chi connectivity index (χ4n) is 1.58. The summed E-state index contributed by atoms with van der Waals surface area (Å²) in [5.41, 5.74) is 2.47. The van der Waals surface area contributed by atoms with Gasteiger partial charge in [-0.1, -0.05) is 6.92 Å². The van der Waals surface area contributed by atoms with Crippen LogP contribution in [0.2, 0.25) is 0 Å². The number of nitrogens with two attached hydrogens (primary N) is 1. The van der Waals surface area contributed by atoms with Crippen molar-refractivity contribution in [3.8, 4) is 0 Å². The molecule has 1 aliphatic rings. The molecule has 0 spiro atoms. The van der Waals surface area contributed by atoms with Crippen LogP contribution >= 0.6 is 0 Å². The number of rotatable bonds is 3. The lowest BCUT2D eigenvalue weighted by Gasteiger charge is -2.34. The molecular weight excluding hydrogens is 178 g/mol. The van der Waals surface area contributed by atoms with Crippen molar-refractivity contribution < 1.29 is 0 Å². The molecule has 4 N–H and O–H groups in total. The van der Waals surface area contributed by atoms with Gasteiger partial charge in [-0.15, -0.1) is 0 Å². The summed E-state index contributed by atoms with van der Waals surface area (Å²) in [6.45, 7) is 2.24. The number of nitrogens with zero attached hydrogens (tertiary/aromatic N) is 2. The number of aromatic nitrogens is 2. The highest BCUT2D eigenvalue weighted by Crippen LogP contribution is 2.29. The van der Waals surface area contributed by atoms with E-state index in [1.54, 1.807) is 12.4 Å². The first-order chi connectivity index (χ1) is 6.79. The highest BCUT2D eigenvalue weighted by atomic mass is 15.3. The summed E-state index contributed by atoms with van der Waals surface area (Å²) in [6.07, 6.45) is 5.81.